The van der Waals surface area contributed by atoms with Gasteiger partial charge in [0.25, 0.3) is 5.56 Å². The smallest absolute Gasteiger partial charge is 0.253 e. The molecule has 2 rings (SSSR count). The minimum absolute atomic E-state index is 0.128. The first-order valence-electron chi connectivity index (χ1n) is 7.31. The highest BCUT2D eigenvalue weighted by atomic mass is 19.1. The molecule has 1 unspecified atom stereocenters. The number of benzene rings is 1. The minimum atomic E-state index is -1.72. The number of carbonyl (C=O) groups is 1. The molecule has 0 aliphatic heterocycles. The van der Waals surface area contributed by atoms with E-state index in [0.717, 1.165) is 12.1 Å². The van der Waals surface area contributed by atoms with Gasteiger partial charge in [0.15, 0.2) is 0 Å². The molecule has 1 heterocycles. The molecule has 7 heteroatoms. The van der Waals surface area contributed by atoms with Gasteiger partial charge in [-0.05, 0) is 26.0 Å². The van der Waals surface area contributed by atoms with Gasteiger partial charge in [-0.1, -0.05) is 12.1 Å². The highest BCUT2D eigenvalue weighted by Gasteiger charge is 2.27. The Kier molecular flexibility index (Phi) is 5.14. The number of pyridine rings is 1. The highest BCUT2D eigenvalue weighted by molar-refractivity contribution is 5.75. The minimum Gasteiger partial charge on any atom is -0.383 e. The molecule has 0 radical (unpaired) electrons. The molecule has 0 fully saturated rings. The normalized spacial score (nSPS) is 13.4. The highest BCUT2D eigenvalue weighted by Crippen LogP contribution is 2.23. The number of aryl methyl sites for hydroxylation is 1. The number of aromatic nitrogens is 1. The number of halogens is 2. The van der Waals surface area contributed by atoms with Gasteiger partial charge in [0.2, 0.25) is 5.91 Å². The lowest BCUT2D eigenvalue weighted by Gasteiger charge is -2.24. The molecule has 1 atom stereocenters. The topological polar surface area (TPSA) is 71.3 Å². The zero-order chi connectivity index (χ0) is 17.9. The fourth-order valence-corrected chi connectivity index (χ4v) is 2.28. The Morgan fingerprint density at radius 3 is 2.71 bits per heavy atom. The Bertz CT molecular complexity index is 816. The van der Waals surface area contributed by atoms with Crippen LogP contribution in [0.2, 0.25) is 0 Å². The van der Waals surface area contributed by atoms with E-state index < -0.39 is 23.1 Å². The molecular formula is C17H18F2N2O3. The summed E-state index contributed by atoms with van der Waals surface area (Å²) in [5.74, 6) is -2.16. The first-order valence-corrected chi connectivity index (χ1v) is 7.31. The van der Waals surface area contributed by atoms with E-state index in [4.69, 9.17) is 0 Å². The summed E-state index contributed by atoms with van der Waals surface area (Å²) in [6, 6.07) is 6.10. The van der Waals surface area contributed by atoms with E-state index in [2.05, 4.69) is 5.32 Å². The molecular weight excluding hydrogens is 318 g/mol. The molecule has 2 N–H and O–H groups in total. The van der Waals surface area contributed by atoms with Crippen molar-refractivity contribution in [3.63, 3.8) is 0 Å². The van der Waals surface area contributed by atoms with Crippen molar-refractivity contribution in [3.05, 3.63) is 69.6 Å². The predicted octanol–water partition coefficient (Wildman–Crippen LogP) is 1.46. The van der Waals surface area contributed by atoms with Crippen molar-refractivity contribution in [2.75, 3.05) is 6.54 Å². The molecule has 5 nitrogen and oxygen atoms in total. The zero-order valence-electron chi connectivity index (χ0n) is 13.3. The van der Waals surface area contributed by atoms with Crippen molar-refractivity contribution < 1.29 is 18.7 Å². The Morgan fingerprint density at radius 1 is 1.33 bits per heavy atom. The number of rotatable bonds is 5. The third-order valence-electron chi connectivity index (χ3n) is 3.67. The lowest BCUT2D eigenvalue weighted by Crippen LogP contribution is -2.41. The molecule has 0 bridgehead atoms. The molecule has 2 aromatic rings. The predicted molar refractivity (Wildman–Crippen MR) is 84.4 cm³/mol. The molecule has 0 aliphatic rings. The van der Waals surface area contributed by atoms with E-state index in [1.54, 1.807) is 19.1 Å². The summed E-state index contributed by atoms with van der Waals surface area (Å²) in [6.45, 7) is 2.44. The summed E-state index contributed by atoms with van der Waals surface area (Å²) in [5.41, 5.74) is -1.63. The maximum atomic E-state index is 13.8. The van der Waals surface area contributed by atoms with Crippen LogP contribution in [0.4, 0.5) is 8.78 Å². The SMILES string of the molecule is Cc1cccn(CC(=O)NCC(C)(O)c2ccc(F)cc2F)c1=O. The van der Waals surface area contributed by atoms with Crippen LogP contribution in [0, 0.1) is 18.6 Å². The first kappa shape index (κ1) is 17.8. The molecule has 24 heavy (non-hydrogen) atoms. The molecule has 0 spiro atoms. The van der Waals surface area contributed by atoms with Crippen molar-refractivity contribution in [1.29, 1.82) is 0 Å². The first-order chi connectivity index (χ1) is 11.2. The van der Waals surface area contributed by atoms with E-state index in [0.29, 0.717) is 11.6 Å². The summed E-state index contributed by atoms with van der Waals surface area (Å²) in [5, 5.41) is 12.8. The fourth-order valence-electron chi connectivity index (χ4n) is 2.28. The Hall–Kier alpha value is -2.54. The molecule has 0 saturated heterocycles. The van der Waals surface area contributed by atoms with Crippen LogP contribution in [0.15, 0.2) is 41.3 Å². The van der Waals surface area contributed by atoms with Gasteiger partial charge in [-0.3, -0.25) is 9.59 Å². The van der Waals surface area contributed by atoms with E-state index in [1.807, 2.05) is 0 Å². The summed E-state index contributed by atoms with van der Waals surface area (Å²) in [6.07, 6.45) is 1.48. The molecule has 128 valence electrons. The van der Waals surface area contributed by atoms with Crippen LogP contribution >= 0.6 is 0 Å². The largest absolute Gasteiger partial charge is 0.383 e. The maximum absolute atomic E-state index is 13.8. The van der Waals surface area contributed by atoms with Gasteiger partial charge in [0, 0.05) is 23.4 Å². The van der Waals surface area contributed by atoms with Crippen LogP contribution in [-0.4, -0.2) is 22.1 Å². The molecule has 0 aliphatic carbocycles. The third kappa shape index (κ3) is 4.05. The van der Waals surface area contributed by atoms with Gasteiger partial charge in [-0.2, -0.15) is 0 Å². The number of hydrogen-bond acceptors (Lipinski definition) is 3. The standard InChI is InChI=1S/C17H18F2N2O3/c1-11-4-3-7-21(16(11)23)9-15(22)20-10-17(2,24)13-6-5-12(18)8-14(13)19/h3-8,24H,9-10H2,1-2H3,(H,20,22). The number of nitrogens with one attached hydrogen (secondary N) is 1. The van der Waals surface area contributed by atoms with Crippen LogP contribution in [0.3, 0.4) is 0 Å². The Labute approximate surface area is 137 Å². The number of amides is 1. The fraction of sp³-hybridized carbons (Fsp3) is 0.294. The van der Waals surface area contributed by atoms with E-state index in [-0.39, 0.29) is 24.2 Å². The second kappa shape index (κ2) is 6.92. The van der Waals surface area contributed by atoms with Gasteiger partial charge >= 0.3 is 0 Å². The summed E-state index contributed by atoms with van der Waals surface area (Å²) in [7, 11) is 0. The van der Waals surface area contributed by atoms with Crippen molar-refractivity contribution in [3.8, 4) is 0 Å². The average Bonchev–Trinajstić information content (AvgIpc) is 2.49. The summed E-state index contributed by atoms with van der Waals surface area (Å²) >= 11 is 0. The third-order valence-corrected chi connectivity index (χ3v) is 3.67. The van der Waals surface area contributed by atoms with Gasteiger partial charge in [0.05, 0.1) is 6.54 Å². The maximum Gasteiger partial charge on any atom is 0.253 e. The second-order valence-corrected chi connectivity index (χ2v) is 5.80. The molecule has 1 amide bonds. The van der Waals surface area contributed by atoms with Crippen LogP contribution in [0.25, 0.3) is 0 Å². The van der Waals surface area contributed by atoms with Gasteiger partial charge in [-0.15, -0.1) is 0 Å². The van der Waals surface area contributed by atoms with Crippen molar-refractivity contribution in [2.24, 2.45) is 0 Å². The Balaban J connectivity index is 2.05. The lowest BCUT2D eigenvalue weighted by atomic mass is 9.95. The quantitative estimate of drug-likeness (QED) is 0.868. The molecule has 1 aromatic heterocycles. The average molecular weight is 336 g/mol. The number of aliphatic hydroxyl groups is 1. The van der Waals surface area contributed by atoms with E-state index >= 15 is 0 Å². The number of carbonyl (C=O) groups excluding carboxylic acids is 1. The summed E-state index contributed by atoms with van der Waals surface area (Å²) in [4.78, 5) is 23.8. The lowest BCUT2D eigenvalue weighted by molar-refractivity contribution is -0.123. The van der Waals surface area contributed by atoms with Crippen molar-refractivity contribution in [2.45, 2.75) is 26.0 Å². The van der Waals surface area contributed by atoms with Crippen molar-refractivity contribution >= 4 is 5.91 Å². The van der Waals surface area contributed by atoms with E-state index in [9.17, 15) is 23.5 Å². The number of nitrogens with zero attached hydrogens (tertiary/aromatic N) is 1. The van der Waals surface area contributed by atoms with Crippen LogP contribution in [0.1, 0.15) is 18.1 Å². The molecule has 1 aromatic carbocycles. The summed E-state index contributed by atoms with van der Waals surface area (Å²) < 4.78 is 27.9. The monoisotopic (exact) mass is 336 g/mol. The Morgan fingerprint density at radius 2 is 2.04 bits per heavy atom. The van der Waals surface area contributed by atoms with E-state index in [1.165, 1.54) is 17.7 Å². The number of hydrogen-bond donors (Lipinski definition) is 2. The van der Waals surface area contributed by atoms with Crippen molar-refractivity contribution in [1.82, 2.24) is 9.88 Å². The van der Waals surface area contributed by atoms with Crippen LogP contribution in [-0.2, 0) is 16.9 Å². The second-order valence-electron chi connectivity index (χ2n) is 5.80. The van der Waals surface area contributed by atoms with Gasteiger partial charge in [-0.25, -0.2) is 8.78 Å². The van der Waals surface area contributed by atoms with Crippen LogP contribution in [0.5, 0.6) is 0 Å². The van der Waals surface area contributed by atoms with Crippen LogP contribution < -0.4 is 10.9 Å². The van der Waals surface area contributed by atoms with Gasteiger partial charge in [0.1, 0.15) is 23.8 Å². The molecule has 0 saturated carbocycles. The van der Waals surface area contributed by atoms with Gasteiger partial charge < -0.3 is 15.0 Å². The zero-order valence-corrected chi connectivity index (χ0v) is 13.3.